The quantitative estimate of drug-likeness (QED) is 0.491. The van der Waals surface area contributed by atoms with Crippen molar-refractivity contribution in [2.24, 2.45) is 0 Å². The monoisotopic (exact) mass is 203 g/mol. The van der Waals surface area contributed by atoms with Gasteiger partial charge >= 0.3 is 0 Å². The van der Waals surface area contributed by atoms with E-state index in [9.17, 15) is 10.2 Å². The highest BCUT2D eigenvalue weighted by Crippen LogP contribution is 2.16. The molecular weight excluding hydrogens is 186 g/mol. The van der Waals surface area contributed by atoms with Gasteiger partial charge in [0.1, 0.15) is 19.2 Å². The standard InChI is InChI=1S/C9H17NO4/c1-9(2,13-3)14-6-10-7(11)4-5-8(10)12/h4-5,7-8,11-12H,6H2,1-3H3. The van der Waals surface area contributed by atoms with E-state index in [1.54, 1.807) is 13.8 Å². The van der Waals surface area contributed by atoms with E-state index in [1.165, 1.54) is 24.2 Å². The Morgan fingerprint density at radius 1 is 1.29 bits per heavy atom. The predicted octanol–water partition coefficient (Wildman–Crippen LogP) is -0.148. The van der Waals surface area contributed by atoms with Crippen molar-refractivity contribution < 1.29 is 19.7 Å². The molecule has 2 atom stereocenters. The normalized spacial score (nSPS) is 28.6. The maximum absolute atomic E-state index is 9.39. The average Bonchev–Trinajstić information content (AvgIpc) is 2.44. The Morgan fingerprint density at radius 3 is 2.21 bits per heavy atom. The lowest BCUT2D eigenvalue weighted by Crippen LogP contribution is -2.42. The van der Waals surface area contributed by atoms with Crippen LogP contribution >= 0.6 is 0 Å². The smallest absolute Gasteiger partial charge is 0.164 e. The van der Waals surface area contributed by atoms with Gasteiger partial charge in [0.25, 0.3) is 0 Å². The first-order valence-electron chi connectivity index (χ1n) is 4.45. The molecule has 1 heterocycles. The van der Waals surface area contributed by atoms with Gasteiger partial charge in [-0.15, -0.1) is 0 Å². The lowest BCUT2D eigenvalue weighted by molar-refractivity contribution is -0.237. The first-order chi connectivity index (χ1) is 6.46. The van der Waals surface area contributed by atoms with Gasteiger partial charge in [-0.05, 0) is 26.0 Å². The first kappa shape index (κ1) is 11.6. The van der Waals surface area contributed by atoms with Crippen LogP contribution in [-0.4, -0.2) is 47.2 Å². The number of nitrogens with zero attached hydrogens (tertiary/aromatic N) is 1. The SMILES string of the molecule is COC(C)(C)OCN1C(O)C=CC1O. The summed E-state index contributed by atoms with van der Waals surface area (Å²) in [6.07, 6.45) is 1.43. The van der Waals surface area contributed by atoms with Gasteiger partial charge < -0.3 is 19.7 Å². The molecule has 0 aliphatic carbocycles. The minimum absolute atomic E-state index is 0.107. The second kappa shape index (κ2) is 4.37. The van der Waals surface area contributed by atoms with Crippen molar-refractivity contribution >= 4 is 0 Å². The van der Waals surface area contributed by atoms with Gasteiger partial charge in [-0.1, -0.05) is 0 Å². The molecular formula is C9H17NO4. The maximum atomic E-state index is 9.39. The molecule has 5 heteroatoms. The van der Waals surface area contributed by atoms with Crippen molar-refractivity contribution in [3.05, 3.63) is 12.2 Å². The predicted molar refractivity (Wildman–Crippen MR) is 50.0 cm³/mol. The first-order valence-corrected chi connectivity index (χ1v) is 4.45. The molecule has 1 rings (SSSR count). The Morgan fingerprint density at radius 2 is 1.79 bits per heavy atom. The molecule has 0 saturated heterocycles. The molecule has 0 radical (unpaired) electrons. The van der Waals surface area contributed by atoms with Gasteiger partial charge in [0.2, 0.25) is 0 Å². The van der Waals surface area contributed by atoms with Crippen LogP contribution in [0.1, 0.15) is 13.8 Å². The van der Waals surface area contributed by atoms with Gasteiger partial charge in [0.05, 0.1) is 0 Å². The molecule has 14 heavy (non-hydrogen) atoms. The van der Waals surface area contributed by atoms with Gasteiger partial charge in [-0.3, -0.25) is 0 Å². The Bertz CT molecular complexity index is 205. The van der Waals surface area contributed by atoms with E-state index in [1.807, 2.05) is 0 Å². The summed E-state index contributed by atoms with van der Waals surface area (Å²) in [6, 6.07) is 0. The van der Waals surface area contributed by atoms with E-state index >= 15 is 0 Å². The lowest BCUT2D eigenvalue weighted by Gasteiger charge is -2.29. The summed E-state index contributed by atoms with van der Waals surface area (Å²) in [5, 5.41) is 18.8. The van der Waals surface area contributed by atoms with E-state index in [4.69, 9.17) is 9.47 Å². The van der Waals surface area contributed by atoms with Crippen LogP contribution < -0.4 is 0 Å². The van der Waals surface area contributed by atoms with Crippen molar-refractivity contribution in [1.82, 2.24) is 4.90 Å². The van der Waals surface area contributed by atoms with E-state index in [0.29, 0.717) is 0 Å². The zero-order valence-electron chi connectivity index (χ0n) is 8.67. The summed E-state index contributed by atoms with van der Waals surface area (Å²) in [6.45, 7) is 3.63. The third-order valence-corrected chi connectivity index (χ3v) is 2.19. The molecule has 0 aromatic heterocycles. The van der Waals surface area contributed by atoms with Crippen LogP contribution in [0.4, 0.5) is 0 Å². The minimum Gasteiger partial charge on any atom is -0.375 e. The zero-order chi connectivity index (χ0) is 10.8. The second-order valence-electron chi connectivity index (χ2n) is 3.60. The minimum atomic E-state index is -0.794. The molecule has 0 bridgehead atoms. The molecule has 1 aliphatic heterocycles. The van der Waals surface area contributed by atoms with Crippen molar-refractivity contribution in [3.63, 3.8) is 0 Å². The lowest BCUT2D eigenvalue weighted by atomic mass is 10.4. The average molecular weight is 203 g/mol. The largest absolute Gasteiger partial charge is 0.375 e. The topological polar surface area (TPSA) is 62.2 Å². The highest BCUT2D eigenvalue weighted by Gasteiger charge is 2.27. The Hall–Kier alpha value is -0.460. The highest BCUT2D eigenvalue weighted by atomic mass is 16.7. The van der Waals surface area contributed by atoms with E-state index in [-0.39, 0.29) is 6.73 Å². The van der Waals surface area contributed by atoms with Gasteiger partial charge in [0, 0.05) is 7.11 Å². The molecule has 0 fully saturated rings. The fraction of sp³-hybridized carbons (Fsp3) is 0.778. The molecule has 82 valence electrons. The summed E-state index contributed by atoms with van der Waals surface area (Å²) in [5.41, 5.74) is 0. The van der Waals surface area contributed by atoms with Crippen molar-refractivity contribution in [2.45, 2.75) is 32.1 Å². The van der Waals surface area contributed by atoms with E-state index < -0.39 is 18.2 Å². The summed E-state index contributed by atoms with van der Waals surface area (Å²) in [7, 11) is 1.54. The fourth-order valence-electron chi connectivity index (χ4n) is 1.02. The molecule has 2 unspecified atom stereocenters. The fourth-order valence-corrected chi connectivity index (χ4v) is 1.02. The summed E-state index contributed by atoms with van der Waals surface area (Å²) in [4.78, 5) is 1.39. The number of rotatable bonds is 4. The molecule has 0 amide bonds. The molecule has 5 nitrogen and oxygen atoms in total. The van der Waals surface area contributed by atoms with Crippen LogP contribution in [-0.2, 0) is 9.47 Å². The van der Waals surface area contributed by atoms with Crippen LogP contribution in [0.3, 0.4) is 0 Å². The third-order valence-electron chi connectivity index (χ3n) is 2.19. The van der Waals surface area contributed by atoms with Crippen LogP contribution in [0.2, 0.25) is 0 Å². The second-order valence-corrected chi connectivity index (χ2v) is 3.60. The van der Waals surface area contributed by atoms with Gasteiger partial charge in [-0.2, -0.15) is 0 Å². The van der Waals surface area contributed by atoms with Crippen LogP contribution in [0.25, 0.3) is 0 Å². The molecule has 0 saturated carbocycles. The molecule has 0 spiro atoms. The molecule has 2 N–H and O–H groups in total. The summed E-state index contributed by atoms with van der Waals surface area (Å²) in [5.74, 6) is -0.720. The Kier molecular flexibility index (Phi) is 3.63. The maximum Gasteiger partial charge on any atom is 0.164 e. The Balaban J connectivity index is 2.39. The highest BCUT2D eigenvalue weighted by molar-refractivity contribution is 5.01. The van der Waals surface area contributed by atoms with Crippen molar-refractivity contribution in [3.8, 4) is 0 Å². The number of hydrogen-bond donors (Lipinski definition) is 2. The summed E-state index contributed by atoms with van der Waals surface area (Å²) >= 11 is 0. The van der Waals surface area contributed by atoms with E-state index in [2.05, 4.69) is 0 Å². The van der Waals surface area contributed by atoms with E-state index in [0.717, 1.165) is 0 Å². The third kappa shape index (κ3) is 2.76. The molecule has 0 aromatic carbocycles. The molecule has 1 aliphatic rings. The molecule has 0 aromatic rings. The van der Waals surface area contributed by atoms with Crippen molar-refractivity contribution in [2.75, 3.05) is 13.8 Å². The number of aliphatic hydroxyl groups excluding tert-OH is 2. The van der Waals surface area contributed by atoms with Crippen molar-refractivity contribution in [1.29, 1.82) is 0 Å². The number of aliphatic hydroxyl groups is 2. The number of hydrogen-bond acceptors (Lipinski definition) is 5. The van der Waals surface area contributed by atoms with Crippen LogP contribution in [0.15, 0.2) is 12.2 Å². The zero-order valence-corrected chi connectivity index (χ0v) is 8.67. The summed E-state index contributed by atoms with van der Waals surface area (Å²) < 4.78 is 10.4. The van der Waals surface area contributed by atoms with Crippen LogP contribution in [0.5, 0.6) is 0 Å². The number of methoxy groups -OCH3 is 1. The van der Waals surface area contributed by atoms with Crippen LogP contribution in [0, 0.1) is 0 Å². The van der Waals surface area contributed by atoms with Gasteiger partial charge in [-0.25, -0.2) is 4.90 Å². The van der Waals surface area contributed by atoms with Gasteiger partial charge in [0.15, 0.2) is 5.79 Å². The Labute approximate surface area is 83.5 Å². The number of ether oxygens (including phenoxy) is 2.